The van der Waals surface area contributed by atoms with Gasteiger partial charge in [-0.2, -0.15) is 10.5 Å². The third-order valence-corrected chi connectivity index (χ3v) is 6.17. The van der Waals surface area contributed by atoms with E-state index in [9.17, 15) is 10.1 Å². The summed E-state index contributed by atoms with van der Waals surface area (Å²) >= 11 is 0. The highest BCUT2D eigenvalue weighted by Crippen LogP contribution is 2.33. The molecule has 0 radical (unpaired) electrons. The van der Waals surface area contributed by atoms with Crippen LogP contribution in [0.25, 0.3) is 10.9 Å². The number of pyridine rings is 1. The fourth-order valence-corrected chi connectivity index (χ4v) is 4.46. The summed E-state index contributed by atoms with van der Waals surface area (Å²) in [6.45, 7) is 4.10. The Hall–Kier alpha value is -3.37. The molecule has 1 aliphatic carbocycles. The lowest BCUT2D eigenvalue weighted by atomic mass is 9.77. The van der Waals surface area contributed by atoms with E-state index < -0.39 is 5.41 Å². The van der Waals surface area contributed by atoms with Gasteiger partial charge in [0, 0.05) is 16.5 Å². The van der Waals surface area contributed by atoms with Crippen molar-refractivity contribution in [2.75, 3.05) is 0 Å². The van der Waals surface area contributed by atoms with Crippen LogP contribution in [0.4, 0.5) is 0 Å². The average molecular weight is 381 g/mol. The SMILES string of the molecule is CC1CCc2c(c(=O)[nH]c3cc(C(C)(C#N)Cc4cccc(C#N)c4)ccc23)C1. The number of aryl methyl sites for hydroxylation is 1. The van der Waals surface area contributed by atoms with Crippen molar-refractivity contribution in [3.63, 3.8) is 0 Å². The van der Waals surface area contributed by atoms with E-state index in [0.717, 1.165) is 52.4 Å². The van der Waals surface area contributed by atoms with Crippen LogP contribution in [0, 0.1) is 28.6 Å². The molecule has 4 heteroatoms. The number of hydrogen-bond acceptors (Lipinski definition) is 3. The summed E-state index contributed by atoms with van der Waals surface area (Å²) in [6.07, 6.45) is 3.34. The lowest BCUT2D eigenvalue weighted by molar-refractivity contribution is 0.500. The van der Waals surface area contributed by atoms with Crippen LogP contribution < -0.4 is 5.56 Å². The third kappa shape index (κ3) is 3.43. The summed E-state index contributed by atoms with van der Waals surface area (Å²) in [5.41, 5.74) is 4.52. The first-order valence-corrected chi connectivity index (χ1v) is 10.0. The first-order chi connectivity index (χ1) is 13.9. The molecule has 0 amide bonds. The number of H-pyrrole nitrogens is 1. The van der Waals surface area contributed by atoms with Gasteiger partial charge < -0.3 is 4.98 Å². The highest BCUT2D eigenvalue weighted by molar-refractivity contribution is 5.84. The van der Waals surface area contributed by atoms with Gasteiger partial charge in [0.2, 0.25) is 0 Å². The molecular formula is C25H23N3O. The van der Waals surface area contributed by atoms with Gasteiger partial charge in [0.15, 0.2) is 0 Å². The Morgan fingerprint density at radius 2 is 2.00 bits per heavy atom. The van der Waals surface area contributed by atoms with Crippen LogP contribution in [0.3, 0.4) is 0 Å². The number of benzene rings is 2. The second-order valence-corrected chi connectivity index (χ2v) is 8.45. The Morgan fingerprint density at radius 3 is 2.76 bits per heavy atom. The molecule has 4 rings (SSSR count). The van der Waals surface area contributed by atoms with Gasteiger partial charge in [-0.25, -0.2) is 0 Å². The molecule has 0 saturated heterocycles. The minimum atomic E-state index is -0.760. The van der Waals surface area contributed by atoms with Crippen molar-refractivity contribution in [3.8, 4) is 12.1 Å². The smallest absolute Gasteiger partial charge is 0.251 e. The van der Waals surface area contributed by atoms with Crippen molar-refractivity contribution in [1.29, 1.82) is 10.5 Å². The highest BCUT2D eigenvalue weighted by Gasteiger charge is 2.28. The quantitative estimate of drug-likeness (QED) is 0.723. The van der Waals surface area contributed by atoms with Gasteiger partial charge in [0.05, 0.1) is 23.1 Å². The summed E-state index contributed by atoms with van der Waals surface area (Å²) in [7, 11) is 0. The Bertz CT molecular complexity index is 1240. The molecule has 2 atom stereocenters. The number of aromatic amines is 1. The van der Waals surface area contributed by atoms with E-state index in [1.807, 2.05) is 37.3 Å². The van der Waals surface area contributed by atoms with E-state index in [1.165, 1.54) is 0 Å². The maximum absolute atomic E-state index is 12.7. The number of nitriles is 2. The summed E-state index contributed by atoms with van der Waals surface area (Å²) in [6, 6.07) is 18.0. The van der Waals surface area contributed by atoms with Gasteiger partial charge in [-0.05, 0) is 73.4 Å². The number of aromatic nitrogens is 1. The van der Waals surface area contributed by atoms with Gasteiger partial charge in [0.25, 0.3) is 5.56 Å². The van der Waals surface area contributed by atoms with Crippen LogP contribution in [0.15, 0.2) is 47.3 Å². The third-order valence-electron chi connectivity index (χ3n) is 6.17. The Kier molecular flexibility index (Phi) is 4.73. The predicted molar refractivity (Wildman–Crippen MR) is 114 cm³/mol. The van der Waals surface area contributed by atoms with Crippen molar-refractivity contribution in [3.05, 3.63) is 80.6 Å². The van der Waals surface area contributed by atoms with E-state index in [-0.39, 0.29) is 5.56 Å². The number of fused-ring (bicyclic) bond motifs is 3. The largest absolute Gasteiger partial charge is 0.322 e. The molecule has 1 aliphatic rings. The van der Waals surface area contributed by atoms with Gasteiger partial charge in [0.1, 0.15) is 0 Å². The maximum atomic E-state index is 12.7. The van der Waals surface area contributed by atoms with Crippen LogP contribution in [0.5, 0.6) is 0 Å². The van der Waals surface area contributed by atoms with Crippen LogP contribution >= 0.6 is 0 Å². The molecule has 29 heavy (non-hydrogen) atoms. The van der Waals surface area contributed by atoms with E-state index in [0.29, 0.717) is 17.9 Å². The molecule has 3 aromatic rings. The molecule has 1 heterocycles. The summed E-state index contributed by atoms with van der Waals surface area (Å²) < 4.78 is 0. The van der Waals surface area contributed by atoms with Gasteiger partial charge >= 0.3 is 0 Å². The lowest BCUT2D eigenvalue weighted by Crippen LogP contribution is -2.25. The molecule has 1 aromatic heterocycles. The van der Waals surface area contributed by atoms with Gasteiger partial charge in [-0.1, -0.05) is 31.2 Å². The van der Waals surface area contributed by atoms with Crippen molar-refractivity contribution in [2.24, 2.45) is 5.92 Å². The number of rotatable bonds is 3. The second-order valence-electron chi connectivity index (χ2n) is 8.45. The number of hydrogen-bond donors (Lipinski definition) is 1. The summed E-state index contributed by atoms with van der Waals surface area (Å²) in [4.78, 5) is 15.7. The fraction of sp³-hybridized carbons (Fsp3) is 0.320. The molecule has 2 aromatic carbocycles. The first kappa shape index (κ1) is 19.0. The Balaban J connectivity index is 1.78. The van der Waals surface area contributed by atoms with Crippen LogP contribution in [0.1, 0.15) is 48.1 Å². The zero-order valence-corrected chi connectivity index (χ0v) is 16.7. The highest BCUT2D eigenvalue weighted by atomic mass is 16.1. The molecule has 0 spiro atoms. The molecular weight excluding hydrogens is 358 g/mol. The van der Waals surface area contributed by atoms with Crippen molar-refractivity contribution in [1.82, 2.24) is 4.98 Å². The van der Waals surface area contributed by atoms with Gasteiger partial charge in [-0.15, -0.1) is 0 Å². The normalized spacial score (nSPS) is 17.7. The van der Waals surface area contributed by atoms with Crippen LogP contribution in [-0.2, 0) is 24.7 Å². The molecule has 0 aliphatic heterocycles. The van der Waals surface area contributed by atoms with E-state index in [1.54, 1.807) is 6.07 Å². The van der Waals surface area contributed by atoms with Crippen molar-refractivity contribution >= 4 is 10.9 Å². The number of nitrogens with zero attached hydrogens (tertiary/aromatic N) is 2. The van der Waals surface area contributed by atoms with E-state index in [4.69, 9.17) is 5.26 Å². The summed E-state index contributed by atoms with van der Waals surface area (Å²) in [5, 5.41) is 20.2. The molecule has 144 valence electrons. The van der Waals surface area contributed by atoms with Crippen molar-refractivity contribution < 1.29 is 0 Å². The molecule has 0 fully saturated rings. The first-order valence-electron chi connectivity index (χ1n) is 10.0. The lowest BCUT2D eigenvalue weighted by Gasteiger charge is -2.25. The zero-order valence-electron chi connectivity index (χ0n) is 16.7. The minimum Gasteiger partial charge on any atom is -0.322 e. The molecule has 2 unspecified atom stereocenters. The maximum Gasteiger partial charge on any atom is 0.251 e. The second kappa shape index (κ2) is 7.22. The monoisotopic (exact) mass is 381 g/mol. The molecule has 0 saturated carbocycles. The molecule has 0 bridgehead atoms. The minimum absolute atomic E-state index is 0.00316. The topological polar surface area (TPSA) is 80.4 Å². The predicted octanol–water partition coefficient (Wildman–Crippen LogP) is 4.55. The zero-order chi connectivity index (χ0) is 20.6. The van der Waals surface area contributed by atoms with Crippen LogP contribution in [-0.4, -0.2) is 4.98 Å². The Labute approximate surface area is 170 Å². The van der Waals surface area contributed by atoms with E-state index in [2.05, 4.69) is 30.1 Å². The standard InChI is InChI=1S/C25H23N3O/c1-16-6-8-20-21-9-7-19(12-23(21)28-24(29)22(20)10-16)25(2,15-27)13-17-4-3-5-18(11-17)14-26/h3-5,7,9,11-12,16H,6,8,10,13H2,1-2H3,(H,28,29). The van der Waals surface area contributed by atoms with Crippen LogP contribution in [0.2, 0.25) is 0 Å². The average Bonchev–Trinajstić information content (AvgIpc) is 2.73. The van der Waals surface area contributed by atoms with E-state index >= 15 is 0 Å². The fourth-order valence-electron chi connectivity index (χ4n) is 4.46. The Morgan fingerprint density at radius 1 is 1.17 bits per heavy atom. The van der Waals surface area contributed by atoms with Crippen molar-refractivity contribution in [2.45, 2.75) is 44.9 Å². The number of nitrogens with one attached hydrogen (secondary N) is 1. The van der Waals surface area contributed by atoms with Gasteiger partial charge in [-0.3, -0.25) is 4.79 Å². The molecule has 4 nitrogen and oxygen atoms in total. The summed E-state index contributed by atoms with van der Waals surface area (Å²) in [5.74, 6) is 0.534. The molecule has 1 N–H and O–H groups in total.